The molecule has 2 N–H and O–H groups in total. The van der Waals surface area contributed by atoms with Gasteiger partial charge in [0, 0.05) is 12.2 Å². The summed E-state index contributed by atoms with van der Waals surface area (Å²) >= 11 is 0. The summed E-state index contributed by atoms with van der Waals surface area (Å²) in [6, 6.07) is 9.14. The molecule has 0 aliphatic carbocycles. The largest absolute Gasteiger partial charge is 0.318 e. The molecule has 3 rings (SSSR count). The van der Waals surface area contributed by atoms with Gasteiger partial charge in [-0.2, -0.15) is 0 Å². The molecule has 2 atom stereocenters. The number of para-hydroxylation sites is 1. The number of imide groups is 1. The van der Waals surface area contributed by atoms with Crippen molar-refractivity contribution < 1.29 is 9.59 Å². The first kappa shape index (κ1) is 11.0. The molecule has 1 saturated heterocycles. The van der Waals surface area contributed by atoms with E-state index in [1.807, 2.05) is 36.4 Å². The summed E-state index contributed by atoms with van der Waals surface area (Å²) in [5.74, 6) is -0.846. The molecule has 5 heteroatoms. The Hall–Kier alpha value is -2.14. The third-order valence-electron chi connectivity index (χ3n) is 3.19. The summed E-state index contributed by atoms with van der Waals surface area (Å²) in [6.45, 7) is 0.594. The highest BCUT2D eigenvalue weighted by Crippen LogP contribution is 2.24. The lowest BCUT2D eigenvalue weighted by Gasteiger charge is -2.32. The number of carbonyl (C=O) groups excluding carboxylic acids is 2. The minimum absolute atomic E-state index is 0.221. The maximum absolute atomic E-state index is 11.8. The second kappa shape index (κ2) is 4.27. The molecule has 2 aliphatic heterocycles. The molecule has 0 radical (unpaired) electrons. The van der Waals surface area contributed by atoms with Crippen molar-refractivity contribution in [3.05, 3.63) is 42.5 Å². The molecule has 0 aromatic heterocycles. The Labute approximate surface area is 104 Å². The van der Waals surface area contributed by atoms with Crippen molar-refractivity contribution in [2.24, 2.45) is 5.92 Å². The Balaban J connectivity index is 1.83. The van der Waals surface area contributed by atoms with Crippen molar-refractivity contribution in [2.45, 2.75) is 6.04 Å². The Morgan fingerprint density at radius 3 is 2.72 bits per heavy atom. The van der Waals surface area contributed by atoms with E-state index in [9.17, 15) is 9.59 Å². The van der Waals surface area contributed by atoms with Crippen LogP contribution in [0.5, 0.6) is 0 Å². The minimum Gasteiger partial charge on any atom is -0.318 e. The Bertz CT molecular complexity index is 512. The van der Waals surface area contributed by atoms with Crippen LogP contribution in [-0.4, -0.2) is 29.4 Å². The van der Waals surface area contributed by atoms with E-state index in [0.29, 0.717) is 6.54 Å². The van der Waals surface area contributed by atoms with Gasteiger partial charge < -0.3 is 5.43 Å². The summed E-state index contributed by atoms with van der Waals surface area (Å²) in [5, 5.41) is 4.16. The molecule has 1 fully saturated rings. The van der Waals surface area contributed by atoms with Gasteiger partial charge in [-0.25, -0.2) is 5.01 Å². The van der Waals surface area contributed by atoms with E-state index in [4.69, 9.17) is 0 Å². The van der Waals surface area contributed by atoms with Crippen molar-refractivity contribution in [2.75, 3.05) is 12.0 Å². The highest BCUT2D eigenvalue weighted by Gasteiger charge is 2.45. The first-order valence-electron chi connectivity index (χ1n) is 5.85. The first-order valence-corrected chi connectivity index (χ1v) is 5.85. The topological polar surface area (TPSA) is 61.4 Å². The Kier molecular flexibility index (Phi) is 2.60. The number of carbonyl (C=O) groups is 2. The zero-order chi connectivity index (χ0) is 12.5. The molecular formula is C13H13N3O2. The maximum Gasteiger partial charge on any atom is 0.246 e. The molecule has 0 spiro atoms. The maximum atomic E-state index is 11.8. The SMILES string of the molecule is O=C1NC(=O)C2C1C=CCN2Nc1ccccc1. The molecule has 92 valence electrons. The van der Waals surface area contributed by atoms with Crippen LogP contribution in [0.25, 0.3) is 0 Å². The normalized spacial score (nSPS) is 26.9. The van der Waals surface area contributed by atoms with Gasteiger partial charge in [-0.15, -0.1) is 0 Å². The lowest BCUT2D eigenvalue weighted by molar-refractivity contribution is -0.126. The third kappa shape index (κ3) is 1.78. The van der Waals surface area contributed by atoms with Crippen LogP contribution in [0.3, 0.4) is 0 Å². The molecular weight excluding hydrogens is 230 g/mol. The monoisotopic (exact) mass is 243 g/mol. The van der Waals surface area contributed by atoms with Crippen LogP contribution in [0.4, 0.5) is 5.69 Å². The van der Waals surface area contributed by atoms with E-state index >= 15 is 0 Å². The lowest BCUT2D eigenvalue weighted by atomic mass is 9.98. The zero-order valence-electron chi connectivity index (χ0n) is 9.67. The smallest absolute Gasteiger partial charge is 0.246 e. The van der Waals surface area contributed by atoms with Crippen molar-refractivity contribution in [1.29, 1.82) is 0 Å². The van der Waals surface area contributed by atoms with Crippen molar-refractivity contribution in [1.82, 2.24) is 10.3 Å². The van der Waals surface area contributed by atoms with Crippen LogP contribution >= 0.6 is 0 Å². The molecule has 0 bridgehead atoms. The average molecular weight is 243 g/mol. The number of anilines is 1. The van der Waals surface area contributed by atoms with E-state index in [0.717, 1.165) is 5.69 Å². The number of rotatable bonds is 2. The van der Waals surface area contributed by atoms with Gasteiger partial charge in [0.1, 0.15) is 6.04 Å². The summed E-state index contributed by atoms with van der Waals surface area (Å²) in [6.07, 6.45) is 3.70. The second-order valence-electron chi connectivity index (χ2n) is 4.38. The standard InChI is InChI=1S/C13H13N3O2/c17-12-10-7-4-8-16(11(10)13(18)14-12)15-9-5-2-1-3-6-9/h1-7,10-11,15H,8H2,(H,14,17,18). The summed E-state index contributed by atoms with van der Waals surface area (Å²) in [7, 11) is 0. The molecule has 2 amide bonds. The molecule has 1 aromatic rings. The number of nitrogens with zero attached hydrogens (tertiary/aromatic N) is 1. The predicted molar refractivity (Wildman–Crippen MR) is 66.3 cm³/mol. The van der Waals surface area contributed by atoms with Gasteiger partial charge in [0.15, 0.2) is 0 Å². The van der Waals surface area contributed by atoms with Crippen molar-refractivity contribution >= 4 is 17.5 Å². The number of hydrogen-bond acceptors (Lipinski definition) is 4. The quantitative estimate of drug-likeness (QED) is 0.587. The fourth-order valence-electron chi connectivity index (χ4n) is 2.34. The molecule has 1 aromatic carbocycles. The molecule has 18 heavy (non-hydrogen) atoms. The fourth-order valence-corrected chi connectivity index (χ4v) is 2.34. The highest BCUT2D eigenvalue weighted by molar-refractivity contribution is 6.08. The third-order valence-corrected chi connectivity index (χ3v) is 3.19. The van der Waals surface area contributed by atoms with Crippen LogP contribution in [0.15, 0.2) is 42.5 Å². The van der Waals surface area contributed by atoms with E-state index in [1.54, 1.807) is 11.1 Å². The Morgan fingerprint density at radius 2 is 1.94 bits per heavy atom. The predicted octanol–water partition coefficient (Wildman–Crippen LogP) is 0.526. The fraction of sp³-hybridized carbons (Fsp3) is 0.231. The van der Waals surface area contributed by atoms with E-state index in [-0.39, 0.29) is 17.7 Å². The number of amides is 2. The Morgan fingerprint density at radius 1 is 1.17 bits per heavy atom. The van der Waals surface area contributed by atoms with Gasteiger partial charge in [0.25, 0.3) is 0 Å². The number of benzene rings is 1. The van der Waals surface area contributed by atoms with E-state index in [2.05, 4.69) is 10.7 Å². The lowest BCUT2D eigenvalue weighted by Crippen LogP contribution is -2.48. The first-order chi connectivity index (χ1) is 8.75. The summed E-state index contributed by atoms with van der Waals surface area (Å²) < 4.78 is 0. The summed E-state index contributed by atoms with van der Waals surface area (Å²) in [4.78, 5) is 23.4. The molecule has 2 unspecified atom stereocenters. The van der Waals surface area contributed by atoms with Crippen LogP contribution < -0.4 is 10.7 Å². The molecule has 5 nitrogen and oxygen atoms in total. The number of hydrazine groups is 1. The minimum atomic E-state index is -0.456. The van der Waals surface area contributed by atoms with Gasteiger partial charge in [-0.05, 0) is 12.1 Å². The number of fused-ring (bicyclic) bond motifs is 1. The van der Waals surface area contributed by atoms with Gasteiger partial charge in [0.05, 0.1) is 5.92 Å². The van der Waals surface area contributed by atoms with Crippen LogP contribution in [0.2, 0.25) is 0 Å². The van der Waals surface area contributed by atoms with E-state index in [1.165, 1.54) is 0 Å². The number of nitrogens with one attached hydrogen (secondary N) is 2. The second-order valence-corrected chi connectivity index (χ2v) is 4.38. The molecule has 2 aliphatic rings. The van der Waals surface area contributed by atoms with Gasteiger partial charge in [-0.3, -0.25) is 14.9 Å². The molecule has 2 heterocycles. The average Bonchev–Trinajstić information content (AvgIpc) is 2.67. The van der Waals surface area contributed by atoms with Gasteiger partial charge in [0.2, 0.25) is 11.8 Å². The van der Waals surface area contributed by atoms with Crippen LogP contribution in [0.1, 0.15) is 0 Å². The molecule has 0 saturated carbocycles. The zero-order valence-corrected chi connectivity index (χ0v) is 9.67. The van der Waals surface area contributed by atoms with Crippen molar-refractivity contribution in [3.63, 3.8) is 0 Å². The van der Waals surface area contributed by atoms with Crippen LogP contribution in [0, 0.1) is 5.92 Å². The van der Waals surface area contributed by atoms with E-state index < -0.39 is 6.04 Å². The number of hydrogen-bond donors (Lipinski definition) is 2. The highest BCUT2D eigenvalue weighted by atomic mass is 16.2. The summed E-state index contributed by atoms with van der Waals surface area (Å²) in [5.41, 5.74) is 4.07. The van der Waals surface area contributed by atoms with Gasteiger partial charge >= 0.3 is 0 Å². The van der Waals surface area contributed by atoms with Gasteiger partial charge in [-0.1, -0.05) is 30.4 Å². The van der Waals surface area contributed by atoms with Crippen LogP contribution in [-0.2, 0) is 9.59 Å². The van der Waals surface area contributed by atoms with Crippen molar-refractivity contribution in [3.8, 4) is 0 Å².